The highest BCUT2D eigenvalue weighted by Gasteiger charge is 2.32. The molecule has 2 aliphatic rings. The maximum atomic E-state index is 12.5. The largest absolute Gasteiger partial charge is 0.462 e. The van der Waals surface area contributed by atoms with Gasteiger partial charge in [-0.3, -0.25) is 0 Å². The Morgan fingerprint density at radius 2 is 2.00 bits per heavy atom. The van der Waals surface area contributed by atoms with E-state index in [9.17, 15) is 4.79 Å². The first-order valence-corrected chi connectivity index (χ1v) is 9.55. The third-order valence-electron chi connectivity index (χ3n) is 4.71. The number of ether oxygens (including phenoxy) is 1. The van der Waals surface area contributed by atoms with Crippen LogP contribution >= 0.6 is 11.8 Å². The van der Waals surface area contributed by atoms with Gasteiger partial charge < -0.3 is 10.1 Å². The summed E-state index contributed by atoms with van der Waals surface area (Å²) >= 11 is 1.67. The van der Waals surface area contributed by atoms with Gasteiger partial charge in [0.1, 0.15) is 4.91 Å². The normalized spacial score (nSPS) is 24.4. The lowest BCUT2D eigenvalue weighted by Gasteiger charge is -2.31. The van der Waals surface area contributed by atoms with Crippen molar-refractivity contribution >= 4 is 23.4 Å². The molecule has 3 nitrogen and oxygen atoms in total. The highest BCUT2D eigenvalue weighted by Crippen LogP contribution is 2.37. The number of esters is 1. The van der Waals surface area contributed by atoms with Crippen molar-refractivity contribution in [2.75, 3.05) is 12.4 Å². The van der Waals surface area contributed by atoms with Crippen molar-refractivity contribution in [1.29, 1.82) is 0 Å². The van der Waals surface area contributed by atoms with E-state index in [1.807, 2.05) is 6.92 Å². The lowest BCUT2D eigenvalue weighted by Crippen LogP contribution is -2.37. The zero-order valence-corrected chi connectivity index (χ0v) is 14.7. The van der Waals surface area contributed by atoms with Crippen LogP contribution < -0.4 is 5.32 Å². The van der Waals surface area contributed by atoms with Crippen LogP contribution in [0.5, 0.6) is 0 Å². The monoisotopic (exact) mass is 331 g/mol. The van der Waals surface area contributed by atoms with Crippen LogP contribution in [0.2, 0.25) is 0 Å². The summed E-state index contributed by atoms with van der Waals surface area (Å²) in [4.78, 5) is 13.2. The number of carbonyl (C=O) groups is 1. The van der Waals surface area contributed by atoms with E-state index in [4.69, 9.17) is 4.74 Å². The molecule has 0 spiro atoms. The number of rotatable bonds is 3. The molecule has 0 radical (unpaired) electrons. The summed E-state index contributed by atoms with van der Waals surface area (Å²) in [5.74, 6) is 1.45. The summed E-state index contributed by atoms with van der Waals surface area (Å²) in [5, 5.41) is 3.70. The van der Waals surface area contributed by atoms with Crippen molar-refractivity contribution in [3.8, 4) is 0 Å². The second-order valence-corrected chi connectivity index (χ2v) is 7.43. The summed E-state index contributed by atoms with van der Waals surface area (Å²) in [6.45, 7) is 4.35. The summed E-state index contributed by atoms with van der Waals surface area (Å²) in [5.41, 5.74) is 3.27. The van der Waals surface area contributed by atoms with Gasteiger partial charge in [0.05, 0.1) is 12.3 Å². The number of fused-ring (bicyclic) bond motifs is 1. The van der Waals surface area contributed by atoms with Gasteiger partial charge in [-0.1, -0.05) is 42.7 Å². The Balaban J connectivity index is 1.97. The summed E-state index contributed by atoms with van der Waals surface area (Å²) < 4.78 is 5.31. The predicted octanol–water partition coefficient (Wildman–Crippen LogP) is 4.12. The number of carbonyl (C=O) groups excluding carboxylic acids is 1. The highest BCUT2D eigenvalue weighted by molar-refractivity contribution is 8.04. The van der Waals surface area contributed by atoms with Crippen molar-refractivity contribution < 1.29 is 9.53 Å². The minimum atomic E-state index is -0.195. The minimum Gasteiger partial charge on any atom is -0.462 e. The predicted molar refractivity (Wildman–Crippen MR) is 96.1 cm³/mol. The molecule has 124 valence electrons. The second kappa shape index (κ2) is 7.43. The number of thioether (sulfide) groups is 1. The SMILES string of the molecule is CCOC(=O)C1=C(c2ccc(C)cc2)N[C@@H]2CCCC[C@H]2CS1. The molecule has 2 atom stereocenters. The summed E-state index contributed by atoms with van der Waals surface area (Å²) in [6.07, 6.45) is 5.02. The third kappa shape index (κ3) is 3.74. The fourth-order valence-corrected chi connectivity index (χ4v) is 4.68. The van der Waals surface area contributed by atoms with Crippen molar-refractivity contribution in [1.82, 2.24) is 5.32 Å². The van der Waals surface area contributed by atoms with Crippen molar-refractivity contribution in [3.63, 3.8) is 0 Å². The minimum absolute atomic E-state index is 0.195. The Kier molecular flexibility index (Phi) is 5.31. The molecule has 23 heavy (non-hydrogen) atoms. The van der Waals surface area contributed by atoms with Gasteiger partial charge in [-0.15, -0.1) is 11.8 Å². The van der Waals surface area contributed by atoms with Crippen LogP contribution in [0, 0.1) is 12.8 Å². The van der Waals surface area contributed by atoms with E-state index in [-0.39, 0.29) is 5.97 Å². The van der Waals surface area contributed by atoms with Crippen molar-refractivity contribution in [2.24, 2.45) is 5.92 Å². The lowest BCUT2D eigenvalue weighted by atomic mass is 9.85. The van der Waals surface area contributed by atoms with Gasteiger partial charge in [-0.25, -0.2) is 4.79 Å². The molecule has 1 aromatic carbocycles. The van der Waals surface area contributed by atoms with Crippen molar-refractivity contribution in [3.05, 3.63) is 40.3 Å². The Morgan fingerprint density at radius 3 is 2.74 bits per heavy atom. The van der Waals surface area contributed by atoms with Crippen LogP contribution in [0.1, 0.15) is 43.7 Å². The topological polar surface area (TPSA) is 38.3 Å². The van der Waals surface area contributed by atoms with Crippen LogP contribution in [0.25, 0.3) is 5.70 Å². The van der Waals surface area contributed by atoms with Crippen LogP contribution in [-0.2, 0) is 9.53 Å². The molecular weight excluding hydrogens is 306 g/mol. The Morgan fingerprint density at radius 1 is 1.26 bits per heavy atom. The smallest absolute Gasteiger partial charge is 0.346 e. The van der Waals surface area contributed by atoms with Crippen LogP contribution in [0.3, 0.4) is 0 Å². The molecule has 1 aliphatic carbocycles. The standard InChI is InChI=1S/C19H25NO2S/c1-3-22-19(21)18-17(14-10-8-13(2)9-11-14)20-16-7-5-4-6-15(16)12-23-18/h8-11,15-16,20H,3-7,12H2,1-2H3/t15-,16+/m0/s1. The fraction of sp³-hybridized carbons (Fsp3) is 0.526. The van der Waals surface area contributed by atoms with Gasteiger partial charge in [-0.05, 0) is 38.2 Å². The molecule has 1 aliphatic heterocycles. The molecule has 1 fully saturated rings. The Bertz CT molecular complexity index is 594. The lowest BCUT2D eigenvalue weighted by molar-refractivity contribution is -0.137. The first-order valence-electron chi connectivity index (χ1n) is 8.56. The van der Waals surface area contributed by atoms with E-state index in [0.29, 0.717) is 18.6 Å². The molecule has 0 aromatic heterocycles. The molecule has 1 aromatic rings. The summed E-state index contributed by atoms with van der Waals surface area (Å²) in [7, 11) is 0. The maximum Gasteiger partial charge on any atom is 0.346 e. The molecule has 3 rings (SSSR count). The molecule has 1 saturated carbocycles. The van der Waals surface area contributed by atoms with Crippen LogP contribution in [0.4, 0.5) is 0 Å². The molecule has 0 bridgehead atoms. The first kappa shape index (κ1) is 16.4. The first-order chi connectivity index (χ1) is 11.2. The fourth-order valence-electron chi connectivity index (χ4n) is 3.40. The average molecular weight is 331 g/mol. The van der Waals surface area contributed by atoms with E-state index in [1.54, 1.807) is 11.8 Å². The molecular formula is C19H25NO2S. The number of nitrogens with one attached hydrogen (secondary N) is 1. The van der Waals surface area contributed by atoms with Crippen molar-refractivity contribution in [2.45, 2.75) is 45.6 Å². The zero-order chi connectivity index (χ0) is 16.2. The van der Waals surface area contributed by atoms with Gasteiger partial charge in [0.15, 0.2) is 0 Å². The van der Waals surface area contributed by atoms with Gasteiger partial charge in [0, 0.05) is 11.8 Å². The van der Waals surface area contributed by atoms with E-state index >= 15 is 0 Å². The molecule has 0 amide bonds. The van der Waals surface area contributed by atoms with E-state index in [0.717, 1.165) is 21.9 Å². The second-order valence-electron chi connectivity index (χ2n) is 6.40. The van der Waals surface area contributed by atoms with Gasteiger partial charge >= 0.3 is 5.97 Å². The number of hydrogen-bond acceptors (Lipinski definition) is 4. The van der Waals surface area contributed by atoms with E-state index in [1.165, 1.54) is 31.2 Å². The van der Waals surface area contributed by atoms with Crippen LogP contribution in [-0.4, -0.2) is 24.4 Å². The number of hydrogen-bond donors (Lipinski definition) is 1. The van der Waals surface area contributed by atoms with E-state index < -0.39 is 0 Å². The maximum absolute atomic E-state index is 12.5. The average Bonchev–Trinajstić information content (AvgIpc) is 2.75. The van der Waals surface area contributed by atoms with Crippen LogP contribution in [0.15, 0.2) is 29.2 Å². The Labute approximate surface area is 142 Å². The van der Waals surface area contributed by atoms with E-state index in [2.05, 4.69) is 36.5 Å². The molecule has 1 heterocycles. The summed E-state index contributed by atoms with van der Waals surface area (Å²) in [6, 6.07) is 8.86. The third-order valence-corrected chi connectivity index (χ3v) is 5.96. The Hall–Kier alpha value is -1.42. The molecule has 1 N–H and O–H groups in total. The number of benzene rings is 1. The molecule has 4 heteroatoms. The molecule has 0 saturated heterocycles. The molecule has 0 unspecified atom stereocenters. The quantitative estimate of drug-likeness (QED) is 0.846. The zero-order valence-electron chi connectivity index (χ0n) is 13.9. The number of aryl methyl sites for hydroxylation is 1. The van der Waals surface area contributed by atoms with Gasteiger partial charge in [-0.2, -0.15) is 0 Å². The van der Waals surface area contributed by atoms with Gasteiger partial charge in [0.25, 0.3) is 0 Å². The van der Waals surface area contributed by atoms with Gasteiger partial charge in [0.2, 0.25) is 0 Å². The highest BCUT2D eigenvalue weighted by atomic mass is 32.2.